The molecule has 32 heavy (non-hydrogen) atoms. The molecule has 0 radical (unpaired) electrons. The zero-order chi connectivity index (χ0) is 24.5. The Bertz CT molecular complexity index is 942. The van der Waals surface area contributed by atoms with Crippen molar-refractivity contribution in [1.82, 2.24) is 0 Å². The number of aliphatic carboxylic acids is 1. The van der Waals surface area contributed by atoms with Crippen molar-refractivity contribution in [3.8, 4) is 5.75 Å². The van der Waals surface area contributed by atoms with Crippen LogP contribution in [0.4, 0.5) is 24.5 Å². The second-order valence-electron chi connectivity index (χ2n) is 6.19. The molecular formula is C21H23F3N2O6. The van der Waals surface area contributed by atoms with Crippen LogP contribution < -0.4 is 15.0 Å². The van der Waals surface area contributed by atoms with Crippen molar-refractivity contribution in [2.45, 2.75) is 20.0 Å². The molecule has 0 aliphatic rings. The summed E-state index contributed by atoms with van der Waals surface area (Å²) in [7, 11) is 1.56. The zero-order valence-electron chi connectivity index (χ0n) is 17.6. The lowest BCUT2D eigenvalue weighted by Crippen LogP contribution is -2.24. The lowest BCUT2D eigenvalue weighted by Gasteiger charge is -2.24. The maximum absolute atomic E-state index is 12.5. The highest BCUT2D eigenvalue weighted by molar-refractivity contribution is 6.06. The molecule has 2 aromatic rings. The van der Waals surface area contributed by atoms with Crippen molar-refractivity contribution in [1.29, 1.82) is 0 Å². The molecule has 2 aromatic carbocycles. The lowest BCUT2D eigenvalue weighted by molar-refractivity contribution is -0.192. The predicted octanol–water partition coefficient (Wildman–Crippen LogP) is 4.13. The van der Waals surface area contributed by atoms with Gasteiger partial charge >= 0.3 is 18.1 Å². The number of carbonyl (C=O) groups is 3. The molecule has 0 saturated heterocycles. The summed E-state index contributed by atoms with van der Waals surface area (Å²) in [4.78, 5) is 34.7. The van der Waals surface area contributed by atoms with E-state index in [1.54, 1.807) is 43.5 Å². The molecule has 11 heteroatoms. The third-order valence-electron chi connectivity index (χ3n) is 4.19. The van der Waals surface area contributed by atoms with Crippen LogP contribution in [0.2, 0.25) is 0 Å². The van der Waals surface area contributed by atoms with Crippen LogP contribution in [0.5, 0.6) is 5.75 Å². The minimum atomic E-state index is -5.08. The van der Waals surface area contributed by atoms with Crippen molar-refractivity contribution in [2.24, 2.45) is 0 Å². The van der Waals surface area contributed by atoms with Crippen molar-refractivity contribution in [2.75, 3.05) is 30.4 Å². The highest BCUT2D eigenvalue weighted by Gasteiger charge is 2.38. The van der Waals surface area contributed by atoms with Gasteiger partial charge in [-0.15, -0.1) is 0 Å². The number of rotatable bonds is 7. The Labute approximate surface area is 182 Å². The molecule has 2 rings (SSSR count). The van der Waals surface area contributed by atoms with Gasteiger partial charge in [0, 0.05) is 18.7 Å². The number of hydrogen-bond donors (Lipinski definition) is 3. The first kappa shape index (κ1) is 26.3. The van der Waals surface area contributed by atoms with Crippen LogP contribution in [-0.2, 0) is 4.79 Å². The number of nitrogens with one attached hydrogen (secondary N) is 1. The molecular weight excluding hydrogens is 433 g/mol. The minimum absolute atomic E-state index is 0.126. The van der Waals surface area contributed by atoms with Crippen LogP contribution in [0, 0.1) is 0 Å². The number of benzene rings is 2. The minimum Gasteiger partial charge on any atom is -0.497 e. The SMILES string of the molecule is CCN(CC)c1ccc(C(=O)O)cc1NC(=O)c1ccc(OC)cc1.O=C(O)C(F)(F)F. The molecule has 0 atom stereocenters. The monoisotopic (exact) mass is 456 g/mol. The Morgan fingerprint density at radius 2 is 1.47 bits per heavy atom. The average Bonchev–Trinajstić information content (AvgIpc) is 2.75. The Balaban J connectivity index is 0.000000633. The molecule has 3 N–H and O–H groups in total. The standard InChI is InChI=1S/C19H22N2O4.C2HF3O2/c1-4-21(5-2)17-11-8-14(19(23)24)12-16(17)20-18(22)13-6-9-15(25-3)10-7-13;3-2(4,5)1(6)7/h6-12H,4-5H2,1-3H3,(H,20,22)(H,23,24);(H,6,7). The van der Waals surface area contributed by atoms with E-state index in [0.717, 1.165) is 18.8 Å². The van der Waals surface area contributed by atoms with Crippen LogP contribution in [-0.4, -0.2) is 54.4 Å². The van der Waals surface area contributed by atoms with E-state index in [0.29, 0.717) is 17.0 Å². The molecule has 0 aromatic heterocycles. The number of carboxylic acid groups (broad SMARTS) is 2. The summed E-state index contributed by atoms with van der Waals surface area (Å²) in [6.45, 7) is 5.50. The summed E-state index contributed by atoms with van der Waals surface area (Å²) in [5.74, 6) is -3.44. The fourth-order valence-electron chi connectivity index (χ4n) is 2.55. The van der Waals surface area contributed by atoms with Gasteiger partial charge in [0.15, 0.2) is 0 Å². The number of methoxy groups -OCH3 is 1. The number of carbonyl (C=O) groups excluding carboxylic acids is 1. The first-order valence-corrected chi connectivity index (χ1v) is 9.32. The Hall–Kier alpha value is -3.76. The first-order valence-electron chi connectivity index (χ1n) is 9.32. The van der Waals surface area contributed by atoms with Gasteiger partial charge in [-0.05, 0) is 56.3 Å². The van der Waals surface area contributed by atoms with Crippen molar-refractivity contribution in [3.63, 3.8) is 0 Å². The molecule has 174 valence electrons. The average molecular weight is 456 g/mol. The number of hydrogen-bond acceptors (Lipinski definition) is 5. The van der Waals surface area contributed by atoms with Gasteiger partial charge in [-0.2, -0.15) is 13.2 Å². The van der Waals surface area contributed by atoms with E-state index in [-0.39, 0.29) is 11.5 Å². The molecule has 0 spiro atoms. The molecule has 0 bridgehead atoms. The fraction of sp³-hybridized carbons (Fsp3) is 0.286. The van der Waals surface area contributed by atoms with E-state index in [2.05, 4.69) is 10.2 Å². The van der Waals surface area contributed by atoms with Gasteiger partial charge in [0.2, 0.25) is 0 Å². The molecule has 0 aliphatic heterocycles. The second kappa shape index (κ2) is 11.6. The number of carboxylic acids is 2. The van der Waals surface area contributed by atoms with E-state index in [1.165, 1.54) is 6.07 Å². The van der Waals surface area contributed by atoms with Gasteiger partial charge < -0.3 is 25.2 Å². The number of amides is 1. The van der Waals surface area contributed by atoms with Crippen molar-refractivity contribution < 1.29 is 42.5 Å². The van der Waals surface area contributed by atoms with E-state index in [1.807, 2.05) is 13.8 Å². The normalized spacial score (nSPS) is 10.4. The van der Waals surface area contributed by atoms with Crippen molar-refractivity contribution >= 4 is 29.2 Å². The molecule has 0 aliphatic carbocycles. The number of halogens is 3. The molecule has 8 nitrogen and oxygen atoms in total. The highest BCUT2D eigenvalue weighted by Crippen LogP contribution is 2.28. The number of alkyl halides is 3. The molecule has 0 heterocycles. The third kappa shape index (κ3) is 7.49. The number of anilines is 2. The third-order valence-corrected chi connectivity index (χ3v) is 4.19. The highest BCUT2D eigenvalue weighted by atomic mass is 19.4. The topological polar surface area (TPSA) is 116 Å². The summed E-state index contributed by atoms with van der Waals surface area (Å²) >= 11 is 0. The van der Waals surface area contributed by atoms with Crippen LogP contribution in [0.3, 0.4) is 0 Å². The van der Waals surface area contributed by atoms with Gasteiger partial charge in [0.1, 0.15) is 5.75 Å². The summed E-state index contributed by atoms with van der Waals surface area (Å²) in [5.41, 5.74) is 1.86. The fourth-order valence-corrected chi connectivity index (χ4v) is 2.55. The molecule has 0 fully saturated rings. The van der Waals surface area contributed by atoms with E-state index in [4.69, 9.17) is 14.6 Å². The summed E-state index contributed by atoms with van der Waals surface area (Å²) in [6, 6.07) is 11.5. The van der Waals surface area contributed by atoms with Crippen molar-refractivity contribution in [3.05, 3.63) is 53.6 Å². The maximum Gasteiger partial charge on any atom is 0.490 e. The lowest BCUT2D eigenvalue weighted by atomic mass is 10.1. The largest absolute Gasteiger partial charge is 0.497 e. The number of aromatic carboxylic acids is 1. The van der Waals surface area contributed by atoms with E-state index < -0.39 is 18.1 Å². The summed E-state index contributed by atoms with van der Waals surface area (Å²) in [5, 5.41) is 19.2. The summed E-state index contributed by atoms with van der Waals surface area (Å²) in [6.07, 6.45) is -5.08. The zero-order valence-corrected chi connectivity index (χ0v) is 17.6. The Morgan fingerprint density at radius 3 is 1.88 bits per heavy atom. The Kier molecular flexibility index (Phi) is 9.51. The molecule has 0 saturated carbocycles. The molecule has 1 amide bonds. The van der Waals surface area contributed by atoms with Crippen LogP contribution >= 0.6 is 0 Å². The van der Waals surface area contributed by atoms with Crippen LogP contribution in [0.15, 0.2) is 42.5 Å². The smallest absolute Gasteiger partial charge is 0.490 e. The van der Waals surface area contributed by atoms with Gasteiger partial charge in [-0.25, -0.2) is 9.59 Å². The maximum atomic E-state index is 12.5. The van der Waals surface area contributed by atoms with Gasteiger partial charge in [-0.3, -0.25) is 4.79 Å². The molecule has 0 unspecified atom stereocenters. The number of nitrogens with zero attached hydrogens (tertiary/aromatic N) is 1. The van der Waals surface area contributed by atoms with Crippen LogP contribution in [0.25, 0.3) is 0 Å². The quantitative estimate of drug-likeness (QED) is 0.574. The number of ether oxygens (including phenoxy) is 1. The predicted molar refractivity (Wildman–Crippen MR) is 112 cm³/mol. The first-order chi connectivity index (χ1) is 14.9. The van der Waals surface area contributed by atoms with Gasteiger partial charge in [0.25, 0.3) is 5.91 Å². The van der Waals surface area contributed by atoms with Crippen LogP contribution in [0.1, 0.15) is 34.6 Å². The Morgan fingerprint density at radius 1 is 0.969 bits per heavy atom. The van der Waals surface area contributed by atoms with E-state index >= 15 is 0 Å². The van der Waals surface area contributed by atoms with Gasteiger partial charge in [0.05, 0.1) is 24.0 Å². The van der Waals surface area contributed by atoms with Gasteiger partial charge in [-0.1, -0.05) is 0 Å². The van der Waals surface area contributed by atoms with E-state index in [9.17, 15) is 27.9 Å². The summed E-state index contributed by atoms with van der Waals surface area (Å²) < 4.78 is 36.8. The second-order valence-corrected chi connectivity index (χ2v) is 6.19.